The van der Waals surface area contributed by atoms with Gasteiger partial charge in [0.05, 0.1) is 12.2 Å². The Labute approximate surface area is 131 Å². The van der Waals surface area contributed by atoms with Crippen molar-refractivity contribution >= 4 is 5.97 Å². The average molecular weight is 298 g/mol. The smallest absolute Gasteiger partial charge is 0.338 e. The Bertz CT molecular complexity index is 591. The Hall–Kier alpha value is -2.23. The number of aromatic nitrogens is 2. The van der Waals surface area contributed by atoms with Crippen molar-refractivity contribution in [3.63, 3.8) is 0 Å². The highest BCUT2D eigenvalue weighted by Crippen LogP contribution is 2.16. The molecule has 0 saturated heterocycles. The molecular weight excluding hydrogens is 276 g/mol. The molecule has 2 aromatic rings. The lowest BCUT2D eigenvalue weighted by Gasteiger charge is -2.05. The second-order valence-electron chi connectivity index (χ2n) is 5.19. The predicted octanol–water partition coefficient (Wildman–Crippen LogP) is 4.05. The highest BCUT2D eigenvalue weighted by molar-refractivity contribution is 5.89. The number of hydrogen-bond acceptors (Lipinski definition) is 4. The summed E-state index contributed by atoms with van der Waals surface area (Å²) in [4.78, 5) is 20.6. The molecule has 0 amide bonds. The minimum Gasteiger partial charge on any atom is -0.462 e. The van der Waals surface area contributed by atoms with Crippen LogP contribution in [0.1, 0.15) is 49.0 Å². The van der Waals surface area contributed by atoms with Crippen LogP contribution in [0.2, 0.25) is 0 Å². The van der Waals surface area contributed by atoms with E-state index in [9.17, 15) is 4.79 Å². The highest BCUT2D eigenvalue weighted by atomic mass is 16.5. The number of hydrogen-bond donors (Lipinski definition) is 0. The van der Waals surface area contributed by atoms with Crippen molar-refractivity contribution in [3.8, 4) is 11.4 Å². The van der Waals surface area contributed by atoms with Crippen LogP contribution in [-0.4, -0.2) is 22.5 Å². The van der Waals surface area contributed by atoms with Crippen molar-refractivity contribution in [2.24, 2.45) is 0 Å². The molecule has 0 atom stereocenters. The summed E-state index contributed by atoms with van der Waals surface area (Å²) in [5.74, 6) is 0.393. The van der Waals surface area contributed by atoms with Gasteiger partial charge in [0.1, 0.15) is 0 Å². The Morgan fingerprint density at radius 2 is 1.73 bits per heavy atom. The van der Waals surface area contributed by atoms with Crippen molar-refractivity contribution in [3.05, 3.63) is 47.8 Å². The van der Waals surface area contributed by atoms with Crippen molar-refractivity contribution in [1.29, 1.82) is 0 Å². The number of esters is 1. The van der Waals surface area contributed by atoms with E-state index in [2.05, 4.69) is 23.8 Å². The van der Waals surface area contributed by atoms with Gasteiger partial charge in [-0.2, -0.15) is 0 Å². The van der Waals surface area contributed by atoms with Gasteiger partial charge >= 0.3 is 5.97 Å². The van der Waals surface area contributed by atoms with Gasteiger partial charge in [-0.3, -0.25) is 0 Å². The molecule has 1 aromatic heterocycles. The maximum Gasteiger partial charge on any atom is 0.338 e. The van der Waals surface area contributed by atoms with Crippen LogP contribution >= 0.6 is 0 Å². The number of ether oxygens (including phenoxy) is 1. The van der Waals surface area contributed by atoms with Crippen molar-refractivity contribution in [2.45, 2.75) is 39.5 Å². The number of benzene rings is 1. The van der Waals surface area contributed by atoms with Gasteiger partial charge in [-0.25, -0.2) is 14.8 Å². The molecule has 2 rings (SSSR count). The van der Waals surface area contributed by atoms with E-state index in [4.69, 9.17) is 4.74 Å². The van der Waals surface area contributed by atoms with E-state index < -0.39 is 0 Å². The number of carbonyl (C=O) groups is 1. The number of carbonyl (C=O) groups excluding carboxylic acids is 1. The molecule has 0 aliphatic heterocycles. The largest absolute Gasteiger partial charge is 0.462 e. The van der Waals surface area contributed by atoms with E-state index in [1.54, 1.807) is 12.1 Å². The lowest BCUT2D eigenvalue weighted by molar-refractivity contribution is 0.0498. The van der Waals surface area contributed by atoms with Crippen molar-refractivity contribution in [2.75, 3.05) is 6.61 Å². The van der Waals surface area contributed by atoms with Crippen LogP contribution in [0, 0.1) is 0 Å². The van der Waals surface area contributed by atoms with E-state index >= 15 is 0 Å². The van der Waals surface area contributed by atoms with Crippen molar-refractivity contribution in [1.82, 2.24) is 9.97 Å². The zero-order valence-electron chi connectivity index (χ0n) is 13.2. The van der Waals surface area contributed by atoms with Gasteiger partial charge < -0.3 is 4.74 Å². The molecule has 116 valence electrons. The summed E-state index contributed by atoms with van der Waals surface area (Å²) in [7, 11) is 0. The number of rotatable bonds is 7. The highest BCUT2D eigenvalue weighted by Gasteiger charge is 2.08. The molecule has 0 fully saturated rings. The quantitative estimate of drug-likeness (QED) is 0.571. The topological polar surface area (TPSA) is 52.1 Å². The summed E-state index contributed by atoms with van der Waals surface area (Å²) >= 11 is 0. The molecule has 1 heterocycles. The Morgan fingerprint density at radius 3 is 2.32 bits per heavy atom. The van der Waals surface area contributed by atoms with E-state index in [1.165, 1.54) is 0 Å². The first-order chi connectivity index (χ1) is 10.7. The van der Waals surface area contributed by atoms with Crippen LogP contribution in [0.25, 0.3) is 11.4 Å². The maximum absolute atomic E-state index is 11.9. The minimum absolute atomic E-state index is 0.273. The molecule has 22 heavy (non-hydrogen) atoms. The summed E-state index contributed by atoms with van der Waals surface area (Å²) in [6.45, 7) is 4.67. The van der Waals surface area contributed by atoms with Gasteiger partial charge in [-0.05, 0) is 30.5 Å². The molecular formula is C18H22N2O2. The van der Waals surface area contributed by atoms with Gasteiger partial charge in [-0.15, -0.1) is 0 Å². The van der Waals surface area contributed by atoms with Gasteiger partial charge in [0.25, 0.3) is 0 Å². The molecule has 0 aliphatic rings. The zero-order chi connectivity index (χ0) is 15.8. The van der Waals surface area contributed by atoms with E-state index in [-0.39, 0.29) is 5.97 Å². The zero-order valence-corrected chi connectivity index (χ0v) is 13.2. The normalized spacial score (nSPS) is 10.5. The molecule has 0 unspecified atom stereocenters. The first-order valence-electron chi connectivity index (χ1n) is 7.83. The molecule has 0 spiro atoms. The molecule has 0 saturated carbocycles. The molecule has 1 aromatic carbocycles. The summed E-state index contributed by atoms with van der Waals surface area (Å²) in [5, 5.41) is 0. The SMILES string of the molecule is CCCCCOC(=O)c1ccc(-c2ncc(CC)cn2)cc1. The van der Waals surface area contributed by atoms with Gasteiger partial charge in [0.2, 0.25) is 0 Å². The molecule has 0 radical (unpaired) electrons. The van der Waals surface area contributed by atoms with E-state index in [0.29, 0.717) is 18.0 Å². The monoisotopic (exact) mass is 298 g/mol. The van der Waals surface area contributed by atoms with Crippen LogP contribution in [0.3, 0.4) is 0 Å². The summed E-state index contributed by atoms with van der Waals surface area (Å²) < 4.78 is 5.24. The summed E-state index contributed by atoms with van der Waals surface area (Å²) in [5.41, 5.74) is 2.56. The van der Waals surface area contributed by atoms with Crippen molar-refractivity contribution < 1.29 is 9.53 Å². The summed E-state index contributed by atoms with van der Waals surface area (Å²) in [6.07, 6.45) is 7.69. The third kappa shape index (κ3) is 4.38. The van der Waals surface area contributed by atoms with Gasteiger partial charge in [0.15, 0.2) is 5.82 Å². The number of aryl methyl sites for hydroxylation is 1. The first-order valence-corrected chi connectivity index (χ1v) is 7.83. The number of unbranched alkanes of at least 4 members (excludes halogenated alkanes) is 2. The summed E-state index contributed by atoms with van der Waals surface area (Å²) in [6, 6.07) is 7.22. The third-order valence-corrected chi connectivity index (χ3v) is 3.47. The van der Waals surface area contributed by atoms with E-state index in [0.717, 1.165) is 36.8 Å². The Kier molecular flexibility index (Phi) is 6.07. The second kappa shape index (κ2) is 8.27. The van der Waals surface area contributed by atoms with Crippen LogP contribution in [0.15, 0.2) is 36.7 Å². The molecule has 0 aliphatic carbocycles. The van der Waals surface area contributed by atoms with Crippen LogP contribution < -0.4 is 0 Å². The fourth-order valence-corrected chi connectivity index (χ4v) is 2.04. The average Bonchev–Trinajstić information content (AvgIpc) is 2.59. The second-order valence-corrected chi connectivity index (χ2v) is 5.19. The third-order valence-electron chi connectivity index (χ3n) is 3.47. The van der Waals surface area contributed by atoms with E-state index in [1.807, 2.05) is 24.5 Å². The Morgan fingerprint density at radius 1 is 1.05 bits per heavy atom. The fraction of sp³-hybridized carbons (Fsp3) is 0.389. The first kappa shape index (κ1) is 16.1. The predicted molar refractivity (Wildman–Crippen MR) is 86.7 cm³/mol. The minimum atomic E-state index is -0.273. The lowest BCUT2D eigenvalue weighted by atomic mass is 10.1. The number of nitrogens with zero attached hydrogens (tertiary/aromatic N) is 2. The molecule has 4 nitrogen and oxygen atoms in total. The molecule has 0 bridgehead atoms. The lowest BCUT2D eigenvalue weighted by Crippen LogP contribution is -2.06. The van der Waals surface area contributed by atoms with Crippen LogP contribution in [0.5, 0.6) is 0 Å². The van der Waals surface area contributed by atoms with Crippen LogP contribution in [0.4, 0.5) is 0 Å². The molecule has 4 heteroatoms. The fourth-order valence-electron chi connectivity index (χ4n) is 2.04. The van der Waals surface area contributed by atoms with Crippen LogP contribution in [-0.2, 0) is 11.2 Å². The standard InChI is InChI=1S/C18H22N2O2/c1-3-5-6-11-22-18(21)16-9-7-15(8-10-16)17-19-12-14(4-2)13-20-17/h7-10,12-13H,3-6,11H2,1-2H3. The Balaban J connectivity index is 1.98. The van der Waals surface area contributed by atoms with Gasteiger partial charge in [0, 0.05) is 18.0 Å². The maximum atomic E-state index is 11.9. The van der Waals surface area contributed by atoms with Gasteiger partial charge in [-0.1, -0.05) is 38.8 Å². The molecule has 0 N–H and O–H groups in total.